The van der Waals surface area contributed by atoms with Crippen LogP contribution in [-0.4, -0.2) is 9.13 Å². The minimum Gasteiger partial charge on any atom is -0.233 e. The minimum atomic E-state index is 0.878. The van der Waals surface area contributed by atoms with Crippen LogP contribution in [-0.2, 0) is 26.2 Å². The van der Waals surface area contributed by atoms with Gasteiger partial charge in [0.25, 0.3) is 0 Å². The molecule has 0 fully saturated rings. The molecule has 0 aliphatic heterocycles. The standard InChI is InChI=1S/C28H28N4/c1-3-7-25(8-4-1)19-29-15-17-31(23-29)21-27-11-13-28(14-12-27)22-32-18-16-30(24-32)20-26-9-5-2-6-10-26/h1-18,23-24H,19-22H2/q+2. The Labute approximate surface area is 189 Å². The van der Waals surface area contributed by atoms with Gasteiger partial charge in [-0.25, -0.2) is 18.3 Å². The van der Waals surface area contributed by atoms with Gasteiger partial charge in [0.05, 0.1) is 0 Å². The second kappa shape index (κ2) is 9.48. The number of hydrogen-bond acceptors (Lipinski definition) is 0. The summed E-state index contributed by atoms with van der Waals surface area (Å²) < 4.78 is 8.91. The number of nitrogens with zero attached hydrogens (tertiary/aromatic N) is 4. The van der Waals surface area contributed by atoms with Gasteiger partial charge < -0.3 is 0 Å². The molecule has 0 N–H and O–H groups in total. The van der Waals surface area contributed by atoms with Crippen LogP contribution in [0.15, 0.2) is 122 Å². The third-order valence-corrected chi connectivity index (χ3v) is 5.66. The zero-order valence-electron chi connectivity index (χ0n) is 18.2. The van der Waals surface area contributed by atoms with Crippen LogP contribution in [0.3, 0.4) is 0 Å². The molecule has 0 saturated heterocycles. The van der Waals surface area contributed by atoms with Gasteiger partial charge in [0.1, 0.15) is 51.0 Å². The Morgan fingerprint density at radius 3 is 1.28 bits per heavy atom. The molecule has 0 spiro atoms. The lowest BCUT2D eigenvalue weighted by atomic mass is 10.1. The molecule has 3 aromatic carbocycles. The van der Waals surface area contributed by atoms with Crippen LogP contribution < -0.4 is 9.13 Å². The summed E-state index contributed by atoms with van der Waals surface area (Å²) >= 11 is 0. The van der Waals surface area contributed by atoms with Crippen LogP contribution in [0.25, 0.3) is 0 Å². The van der Waals surface area contributed by atoms with Gasteiger partial charge in [-0.3, -0.25) is 0 Å². The number of benzene rings is 3. The SMILES string of the molecule is c1ccc(C[n+]2ccn(Cc3ccc(Cn4cc[n+](Cc5ccccc5)c4)cc3)c2)cc1. The van der Waals surface area contributed by atoms with E-state index in [1.807, 2.05) is 0 Å². The first-order chi connectivity index (χ1) is 15.8. The van der Waals surface area contributed by atoms with E-state index in [1.54, 1.807) is 0 Å². The highest BCUT2D eigenvalue weighted by atomic mass is 15.1. The van der Waals surface area contributed by atoms with Crippen LogP contribution >= 0.6 is 0 Å². The van der Waals surface area contributed by atoms with E-state index >= 15 is 0 Å². The third-order valence-electron chi connectivity index (χ3n) is 5.66. The maximum Gasteiger partial charge on any atom is 0.244 e. The molecule has 5 aromatic rings. The van der Waals surface area contributed by atoms with E-state index in [0.717, 1.165) is 26.2 Å². The van der Waals surface area contributed by atoms with E-state index in [9.17, 15) is 0 Å². The normalized spacial score (nSPS) is 11.0. The van der Waals surface area contributed by atoms with Crippen molar-refractivity contribution in [2.75, 3.05) is 0 Å². The molecule has 5 rings (SSSR count). The predicted molar refractivity (Wildman–Crippen MR) is 125 cm³/mol. The summed E-state index contributed by atoms with van der Waals surface area (Å²) in [5.41, 5.74) is 5.25. The van der Waals surface area contributed by atoms with Crippen molar-refractivity contribution in [2.24, 2.45) is 0 Å². The molecule has 158 valence electrons. The van der Waals surface area contributed by atoms with Crippen LogP contribution in [0, 0.1) is 0 Å². The van der Waals surface area contributed by atoms with Crippen molar-refractivity contribution < 1.29 is 9.13 Å². The lowest BCUT2D eigenvalue weighted by Gasteiger charge is -2.02. The van der Waals surface area contributed by atoms with E-state index in [4.69, 9.17) is 0 Å². The summed E-state index contributed by atoms with van der Waals surface area (Å²) in [5, 5.41) is 0. The second-order valence-corrected chi connectivity index (χ2v) is 8.30. The minimum absolute atomic E-state index is 0.878. The molecule has 0 bridgehead atoms. The van der Waals surface area contributed by atoms with Crippen LogP contribution in [0.4, 0.5) is 0 Å². The Balaban J connectivity index is 1.17. The fraction of sp³-hybridized carbons (Fsp3) is 0.143. The molecule has 0 saturated carbocycles. The van der Waals surface area contributed by atoms with E-state index in [2.05, 4.69) is 141 Å². The van der Waals surface area contributed by atoms with Crippen molar-refractivity contribution in [1.82, 2.24) is 9.13 Å². The lowest BCUT2D eigenvalue weighted by molar-refractivity contribution is -0.688. The van der Waals surface area contributed by atoms with Crippen LogP contribution in [0.1, 0.15) is 22.3 Å². The van der Waals surface area contributed by atoms with Gasteiger partial charge in [-0.1, -0.05) is 84.9 Å². The summed E-state index contributed by atoms with van der Waals surface area (Å²) in [4.78, 5) is 0. The summed E-state index contributed by atoms with van der Waals surface area (Å²) in [6.45, 7) is 3.55. The Morgan fingerprint density at radius 2 is 0.875 bits per heavy atom. The predicted octanol–water partition coefficient (Wildman–Crippen LogP) is 4.06. The largest absolute Gasteiger partial charge is 0.244 e. The second-order valence-electron chi connectivity index (χ2n) is 8.30. The van der Waals surface area contributed by atoms with E-state index in [-0.39, 0.29) is 0 Å². The Bertz CT molecular complexity index is 1150. The lowest BCUT2D eigenvalue weighted by Crippen LogP contribution is -2.31. The van der Waals surface area contributed by atoms with Gasteiger partial charge in [-0.05, 0) is 22.3 Å². The number of aromatic nitrogens is 4. The van der Waals surface area contributed by atoms with Gasteiger partial charge in [-0.2, -0.15) is 0 Å². The van der Waals surface area contributed by atoms with Crippen molar-refractivity contribution in [2.45, 2.75) is 26.2 Å². The van der Waals surface area contributed by atoms with Crippen molar-refractivity contribution in [1.29, 1.82) is 0 Å². The highest BCUT2D eigenvalue weighted by Crippen LogP contribution is 2.08. The molecule has 2 aromatic heterocycles. The summed E-state index contributed by atoms with van der Waals surface area (Å²) in [6.07, 6.45) is 12.9. The van der Waals surface area contributed by atoms with Crippen molar-refractivity contribution in [3.63, 3.8) is 0 Å². The Kier molecular flexibility index (Phi) is 5.93. The zero-order chi connectivity index (χ0) is 21.6. The molecule has 0 unspecified atom stereocenters. The smallest absolute Gasteiger partial charge is 0.233 e. The molecule has 0 aliphatic rings. The number of rotatable bonds is 8. The van der Waals surface area contributed by atoms with Gasteiger partial charge in [0.15, 0.2) is 0 Å². The van der Waals surface area contributed by atoms with Crippen LogP contribution in [0.5, 0.6) is 0 Å². The topological polar surface area (TPSA) is 17.6 Å². The Hall–Kier alpha value is -3.92. The molecule has 4 nitrogen and oxygen atoms in total. The molecule has 32 heavy (non-hydrogen) atoms. The van der Waals surface area contributed by atoms with Crippen molar-refractivity contribution in [3.05, 3.63) is 145 Å². The molecular formula is C28H28N4+2. The van der Waals surface area contributed by atoms with E-state index in [0.29, 0.717) is 0 Å². The summed E-state index contributed by atoms with van der Waals surface area (Å²) in [7, 11) is 0. The quantitative estimate of drug-likeness (QED) is 0.337. The molecule has 0 radical (unpaired) electrons. The average molecular weight is 421 g/mol. The maximum atomic E-state index is 2.23. The van der Waals surface area contributed by atoms with E-state index in [1.165, 1.54) is 22.3 Å². The van der Waals surface area contributed by atoms with Gasteiger partial charge in [-0.15, -0.1) is 0 Å². The monoisotopic (exact) mass is 420 g/mol. The maximum absolute atomic E-state index is 2.23. The number of hydrogen-bond donors (Lipinski definition) is 0. The molecule has 0 aliphatic carbocycles. The zero-order valence-corrected chi connectivity index (χ0v) is 18.2. The first-order valence-corrected chi connectivity index (χ1v) is 11.1. The number of imidazole rings is 2. The molecule has 0 atom stereocenters. The van der Waals surface area contributed by atoms with Crippen LogP contribution in [0.2, 0.25) is 0 Å². The fourth-order valence-electron chi connectivity index (χ4n) is 4.01. The van der Waals surface area contributed by atoms with Gasteiger partial charge in [0, 0.05) is 0 Å². The summed E-state index contributed by atoms with van der Waals surface area (Å²) in [5.74, 6) is 0. The fourth-order valence-corrected chi connectivity index (χ4v) is 4.01. The molecular weight excluding hydrogens is 392 g/mol. The molecule has 4 heteroatoms. The summed E-state index contributed by atoms with van der Waals surface area (Å²) in [6, 6.07) is 30.1. The highest BCUT2D eigenvalue weighted by Gasteiger charge is 2.08. The molecule has 2 heterocycles. The third kappa shape index (κ3) is 5.22. The van der Waals surface area contributed by atoms with Crippen molar-refractivity contribution in [3.8, 4) is 0 Å². The first-order valence-electron chi connectivity index (χ1n) is 11.1. The highest BCUT2D eigenvalue weighted by molar-refractivity contribution is 5.23. The molecule has 0 amide bonds. The average Bonchev–Trinajstić information content (AvgIpc) is 3.46. The van der Waals surface area contributed by atoms with Gasteiger partial charge >= 0.3 is 0 Å². The first kappa shape index (κ1) is 20.0. The van der Waals surface area contributed by atoms with Gasteiger partial charge in [0.2, 0.25) is 12.7 Å². The van der Waals surface area contributed by atoms with Crippen molar-refractivity contribution >= 4 is 0 Å². The van der Waals surface area contributed by atoms with E-state index < -0.39 is 0 Å². The Morgan fingerprint density at radius 1 is 0.469 bits per heavy atom.